The number of nitrogens with two attached hydrogens (primary N) is 1. The van der Waals surface area contributed by atoms with Crippen molar-refractivity contribution in [2.24, 2.45) is 0 Å². The van der Waals surface area contributed by atoms with Gasteiger partial charge in [-0.1, -0.05) is 0 Å². The van der Waals surface area contributed by atoms with Gasteiger partial charge in [-0.25, -0.2) is 0 Å². The van der Waals surface area contributed by atoms with Crippen LogP contribution in [0.5, 0.6) is 5.75 Å². The fraction of sp³-hybridized carbons (Fsp3) is 0.500. The minimum atomic E-state index is 0.274. The zero-order valence-corrected chi connectivity index (χ0v) is 9.70. The molecule has 0 spiro atoms. The maximum absolute atomic E-state index is 8.63. The molecule has 4 nitrogen and oxygen atoms in total. The summed E-state index contributed by atoms with van der Waals surface area (Å²) in [6.07, 6.45) is 2.95. The van der Waals surface area contributed by atoms with Crippen LogP contribution in [-0.4, -0.2) is 25.4 Å². The molecule has 4 N–H and O–H groups in total. The third-order valence-electron chi connectivity index (χ3n) is 2.40. The van der Waals surface area contributed by atoms with Crippen molar-refractivity contribution in [1.82, 2.24) is 0 Å². The molecule has 0 fully saturated rings. The zero-order chi connectivity index (χ0) is 11.8. The normalized spacial score (nSPS) is 10.1. The number of nitrogens with one attached hydrogen (secondary N) is 1. The average Bonchev–Trinajstić information content (AvgIpc) is 2.31. The number of benzene rings is 1. The molecule has 1 aromatic rings. The Morgan fingerprint density at radius 3 is 2.81 bits per heavy atom. The molecule has 0 aliphatic rings. The SMILES string of the molecule is COc1cc(NCCCCCO)ccc1N. The van der Waals surface area contributed by atoms with Gasteiger partial charge in [0.1, 0.15) is 5.75 Å². The summed E-state index contributed by atoms with van der Waals surface area (Å²) < 4.78 is 5.13. The van der Waals surface area contributed by atoms with Crippen LogP contribution in [0.25, 0.3) is 0 Å². The van der Waals surface area contributed by atoms with Gasteiger partial charge in [0, 0.05) is 24.9 Å². The van der Waals surface area contributed by atoms with E-state index in [4.69, 9.17) is 15.6 Å². The minimum Gasteiger partial charge on any atom is -0.495 e. The Morgan fingerprint density at radius 2 is 2.12 bits per heavy atom. The van der Waals surface area contributed by atoms with Gasteiger partial charge in [-0.3, -0.25) is 0 Å². The van der Waals surface area contributed by atoms with E-state index in [1.165, 1.54) is 0 Å². The third-order valence-corrected chi connectivity index (χ3v) is 2.40. The molecule has 0 radical (unpaired) electrons. The Bertz CT molecular complexity index is 316. The molecular formula is C12H20N2O2. The summed E-state index contributed by atoms with van der Waals surface area (Å²) in [6.45, 7) is 1.17. The molecule has 0 saturated carbocycles. The number of hydrogen-bond donors (Lipinski definition) is 3. The molecule has 0 saturated heterocycles. The van der Waals surface area contributed by atoms with Crippen LogP contribution in [0.4, 0.5) is 11.4 Å². The second-order valence-electron chi connectivity index (χ2n) is 3.67. The predicted molar refractivity (Wildman–Crippen MR) is 66.8 cm³/mol. The van der Waals surface area contributed by atoms with Gasteiger partial charge in [0.25, 0.3) is 0 Å². The first-order chi connectivity index (χ1) is 7.77. The molecule has 4 heteroatoms. The zero-order valence-electron chi connectivity index (χ0n) is 9.70. The molecule has 0 aliphatic carbocycles. The topological polar surface area (TPSA) is 67.5 Å². The van der Waals surface area contributed by atoms with E-state index in [2.05, 4.69) is 5.32 Å². The summed E-state index contributed by atoms with van der Waals surface area (Å²) in [4.78, 5) is 0. The first-order valence-corrected chi connectivity index (χ1v) is 5.56. The highest BCUT2D eigenvalue weighted by Crippen LogP contribution is 2.24. The molecular weight excluding hydrogens is 204 g/mol. The maximum Gasteiger partial charge on any atom is 0.143 e. The van der Waals surface area contributed by atoms with E-state index in [1.807, 2.05) is 18.2 Å². The van der Waals surface area contributed by atoms with Crippen LogP contribution in [0, 0.1) is 0 Å². The number of ether oxygens (including phenoxy) is 1. The van der Waals surface area contributed by atoms with Gasteiger partial charge in [-0.2, -0.15) is 0 Å². The van der Waals surface area contributed by atoms with Crippen molar-refractivity contribution in [2.45, 2.75) is 19.3 Å². The highest BCUT2D eigenvalue weighted by molar-refractivity contribution is 5.61. The summed E-state index contributed by atoms with van der Waals surface area (Å²) >= 11 is 0. The van der Waals surface area contributed by atoms with Gasteiger partial charge in [0.15, 0.2) is 0 Å². The Balaban J connectivity index is 2.36. The Kier molecular flexibility index (Phi) is 5.50. The van der Waals surface area contributed by atoms with E-state index in [0.717, 1.165) is 31.5 Å². The monoisotopic (exact) mass is 224 g/mol. The fourth-order valence-corrected chi connectivity index (χ4v) is 1.47. The van der Waals surface area contributed by atoms with Gasteiger partial charge in [-0.05, 0) is 31.4 Å². The van der Waals surface area contributed by atoms with E-state index in [0.29, 0.717) is 11.4 Å². The van der Waals surface area contributed by atoms with Crippen LogP contribution < -0.4 is 15.8 Å². The van der Waals surface area contributed by atoms with Crippen molar-refractivity contribution >= 4 is 11.4 Å². The van der Waals surface area contributed by atoms with Gasteiger partial charge in [-0.15, -0.1) is 0 Å². The standard InChI is InChI=1S/C12H20N2O2/c1-16-12-9-10(5-6-11(12)13)14-7-3-2-4-8-15/h5-6,9,14-15H,2-4,7-8,13H2,1H3. The van der Waals surface area contributed by atoms with Gasteiger partial charge in [0.2, 0.25) is 0 Å². The lowest BCUT2D eigenvalue weighted by Gasteiger charge is -2.09. The predicted octanol–water partition coefficient (Wildman–Crippen LogP) is 1.85. The van der Waals surface area contributed by atoms with E-state index < -0.39 is 0 Å². The molecule has 0 amide bonds. The maximum atomic E-state index is 8.63. The Morgan fingerprint density at radius 1 is 1.31 bits per heavy atom. The van der Waals surface area contributed by atoms with Gasteiger partial charge >= 0.3 is 0 Å². The van der Waals surface area contributed by atoms with Crippen molar-refractivity contribution < 1.29 is 9.84 Å². The van der Waals surface area contributed by atoms with Crippen LogP contribution >= 0.6 is 0 Å². The largest absolute Gasteiger partial charge is 0.495 e. The van der Waals surface area contributed by atoms with E-state index in [1.54, 1.807) is 7.11 Å². The molecule has 0 aliphatic heterocycles. The molecule has 0 heterocycles. The quantitative estimate of drug-likeness (QED) is 0.488. The lowest BCUT2D eigenvalue weighted by molar-refractivity contribution is 0.283. The number of hydrogen-bond acceptors (Lipinski definition) is 4. The van der Waals surface area contributed by atoms with Crippen LogP contribution in [-0.2, 0) is 0 Å². The summed E-state index contributed by atoms with van der Waals surface area (Å²) in [5.74, 6) is 0.695. The Labute approximate surface area is 96.4 Å². The van der Waals surface area contributed by atoms with Crippen molar-refractivity contribution in [3.63, 3.8) is 0 Å². The number of anilines is 2. The van der Waals surface area contributed by atoms with Gasteiger partial charge in [0.05, 0.1) is 12.8 Å². The molecule has 0 atom stereocenters. The van der Waals surface area contributed by atoms with E-state index >= 15 is 0 Å². The summed E-state index contributed by atoms with van der Waals surface area (Å²) in [5.41, 5.74) is 7.37. The number of nitrogen functional groups attached to an aromatic ring is 1. The number of aliphatic hydroxyl groups excluding tert-OH is 1. The highest BCUT2D eigenvalue weighted by Gasteiger charge is 2.00. The number of methoxy groups -OCH3 is 1. The first kappa shape index (κ1) is 12.6. The molecule has 0 unspecified atom stereocenters. The van der Waals surface area contributed by atoms with Gasteiger partial charge < -0.3 is 20.9 Å². The average molecular weight is 224 g/mol. The van der Waals surface area contributed by atoms with E-state index in [9.17, 15) is 0 Å². The van der Waals surface area contributed by atoms with Crippen molar-refractivity contribution in [2.75, 3.05) is 31.3 Å². The second-order valence-corrected chi connectivity index (χ2v) is 3.67. The number of aliphatic hydroxyl groups is 1. The summed E-state index contributed by atoms with van der Waals surface area (Å²) in [5, 5.41) is 11.9. The lowest BCUT2D eigenvalue weighted by Crippen LogP contribution is -2.02. The molecule has 0 aromatic heterocycles. The second kappa shape index (κ2) is 6.95. The molecule has 0 bridgehead atoms. The van der Waals surface area contributed by atoms with Crippen LogP contribution in [0.1, 0.15) is 19.3 Å². The summed E-state index contributed by atoms with van der Waals surface area (Å²) in [7, 11) is 1.61. The van der Waals surface area contributed by atoms with Crippen molar-refractivity contribution in [3.8, 4) is 5.75 Å². The Hall–Kier alpha value is -1.42. The van der Waals surface area contributed by atoms with E-state index in [-0.39, 0.29) is 6.61 Å². The lowest BCUT2D eigenvalue weighted by atomic mass is 10.2. The fourth-order valence-electron chi connectivity index (χ4n) is 1.47. The number of unbranched alkanes of at least 4 members (excludes halogenated alkanes) is 2. The molecule has 1 aromatic carbocycles. The van der Waals surface area contributed by atoms with Crippen LogP contribution in [0.15, 0.2) is 18.2 Å². The minimum absolute atomic E-state index is 0.274. The molecule has 90 valence electrons. The highest BCUT2D eigenvalue weighted by atomic mass is 16.5. The van der Waals surface area contributed by atoms with Crippen LogP contribution in [0.2, 0.25) is 0 Å². The van der Waals surface area contributed by atoms with Crippen LogP contribution in [0.3, 0.4) is 0 Å². The molecule has 16 heavy (non-hydrogen) atoms. The molecule has 1 rings (SSSR count). The summed E-state index contributed by atoms with van der Waals surface area (Å²) in [6, 6.07) is 5.65. The first-order valence-electron chi connectivity index (χ1n) is 5.56. The van der Waals surface area contributed by atoms with Crippen molar-refractivity contribution in [1.29, 1.82) is 0 Å². The smallest absolute Gasteiger partial charge is 0.143 e. The number of rotatable bonds is 7. The van der Waals surface area contributed by atoms with Crippen molar-refractivity contribution in [3.05, 3.63) is 18.2 Å². The third kappa shape index (κ3) is 3.98.